The summed E-state index contributed by atoms with van der Waals surface area (Å²) in [5.74, 6) is -1.05. The molecule has 4 aromatic rings. The van der Waals surface area contributed by atoms with Gasteiger partial charge in [0.15, 0.2) is 0 Å². The van der Waals surface area contributed by atoms with Crippen LogP contribution in [0.1, 0.15) is 22.0 Å². The van der Waals surface area contributed by atoms with Crippen LogP contribution in [0.5, 0.6) is 5.75 Å². The highest BCUT2D eigenvalue weighted by molar-refractivity contribution is 7.92. The summed E-state index contributed by atoms with van der Waals surface area (Å²) in [6.07, 6.45) is -1.33. The molecular formula is C29H25ClN2O6S. The summed E-state index contributed by atoms with van der Waals surface area (Å²) in [6.45, 7) is 0. The van der Waals surface area contributed by atoms with E-state index in [1.807, 2.05) is 0 Å². The average Bonchev–Trinajstić information content (AvgIpc) is 2.96. The van der Waals surface area contributed by atoms with Crippen LogP contribution in [0.3, 0.4) is 0 Å². The Morgan fingerprint density at radius 2 is 1.54 bits per heavy atom. The van der Waals surface area contributed by atoms with Crippen LogP contribution in [0.2, 0.25) is 5.02 Å². The Hall–Kier alpha value is -4.34. The molecule has 0 aliphatic heterocycles. The molecule has 0 aliphatic carbocycles. The predicted molar refractivity (Wildman–Crippen MR) is 150 cm³/mol. The maximum absolute atomic E-state index is 13.3. The van der Waals surface area contributed by atoms with Gasteiger partial charge in [-0.3, -0.25) is 9.10 Å². The summed E-state index contributed by atoms with van der Waals surface area (Å²) in [6, 6.07) is 27.2. The number of benzene rings is 4. The van der Waals surface area contributed by atoms with Gasteiger partial charge < -0.3 is 14.8 Å². The number of para-hydroxylation sites is 1. The number of hydrogen-bond acceptors (Lipinski definition) is 6. The highest BCUT2D eigenvalue weighted by Gasteiger charge is 2.28. The molecule has 1 amide bonds. The number of nitrogens with one attached hydrogen (secondary N) is 1. The van der Waals surface area contributed by atoms with Crippen LogP contribution in [0.4, 0.5) is 11.4 Å². The van der Waals surface area contributed by atoms with Crippen molar-refractivity contribution >= 4 is 44.9 Å². The standard InChI is InChI=1S/C29H25ClN2O6S/c1-32(23-13-7-4-8-14-23)39(35,36)24-15-9-12-21(18-24)29(34)38-27(20-10-5-3-6-11-20)28(33)31-22-16-17-26(37-2)25(30)19-22/h3-19,27H,1-2H3,(H,31,33)/t27-/m0/s1. The van der Waals surface area contributed by atoms with E-state index in [-0.39, 0.29) is 10.5 Å². The SMILES string of the molecule is COc1ccc(NC(=O)[C@@H](OC(=O)c2cccc(S(=O)(=O)N(C)c3ccccc3)c2)c2ccccc2)cc1Cl. The van der Waals surface area contributed by atoms with Gasteiger partial charge in [-0.25, -0.2) is 13.2 Å². The minimum atomic E-state index is -3.97. The lowest BCUT2D eigenvalue weighted by molar-refractivity contribution is -0.125. The number of halogens is 1. The normalized spacial score (nSPS) is 11.8. The summed E-state index contributed by atoms with van der Waals surface area (Å²) in [7, 11) is -1.07. The van der Waals surface area contributed by atoms with Crippen LogP contribution in [0, 0.1) is 0 Å². The fourth-order valence-electron chi connectivity index (χ4n) is 3.75. The number of rotatable bonds is 9. The van der Waals surface area contributed by atoms with Gasteiger partial charge in [-0.1, -0.05) is 66.2 Å². The highest BCUT2D eigenvalue weighted by Crippen LogP contribution is 2.29. The maximum atomic E-state index is 13.3. The van der Waals surface area contributed by atoms with Crippen LogP contribution in [0.25, 0.3) is 0 Å². The smallest absolute Gasteiger partial charge is 0.339 e. The molecule has 0 bridgehead atoms. The van der Waals surface area contributed by atoms with Crippen molar-refractivity contribution in [3.05, 3.63) is 119 Å². The molecule has 1 atom stereocenters. The Bertz CT molecular complexity index is 1580. The van der Waals surface area contributed by atoms with E-state index in [1.165, 1.54) is 44.5 Å². The van der Waals surface area contributed by atoms with Gasteiger partial charge in [0, 0.05) is 18.3 Å². The van der Waals surface area contributed by atoms with E-state index in [9.17, 15) is 18.0 Å². The van der Waals surface area contributed by atoms with Crippen molar-refractivity contribution in [3.8, 4) is 5.75 Å². The van der Waals surface area contributed by atoms with E-state index in [0.717, 1.165) is 4.31 Å². The molecule has 0 heterocycles. The van der Waals surface area contributed by atoms with Gasteiger partial charge in [0.2, 0.25) is 6.10 Å². The molecule has 0 radical (unpaired) electrons. The van der Waals surface area contributed by atoms with E-state index in [0.29, 0.717) is 27.7 Å². The van der Waals surface area contributed by atoms with Gasteiger partial charge in [0.05, 0.1) is 28.3 Å². The number of esters is 1. The number of nitrogens with zero attached hydrogens (tertiary/aromatic N) is 1. The number of amides is 1. The van der Waals surface area contributed by atoms with Crippen molar-refractivity contribution in [2.24, 2.45) is 0 Å². The molecule has 10 heteroatoms. The van der Waals surface area contributed by atoms with Crippen molar-refractivity contribution in [3.63, 3.8) is 0 Å². The topological polar surface area (TPSA) is 102 Å². The molecule has 8 nitrogen and oxygen atoms in total. The van der Waals surface area contributed by atoms with Crippen LogP contribution in [-0.4, -0.2) is 34.5 Å². The number of sulfonamides is 1. The quantitative estimate of drug-likeness (QED) is 0.261. The lowest BCUT2D eigenvalue weighted by Gasteiger charge is -2.20. The van der Waals surface area contributed by atoms with E-state index >= 15 is 0 Å². The molecule has 4 rings (SSSR count). The number of hydrogen-bond donors (Lipinski definition) is 1. The van der Waals surface area contributed by atoms with Crippen LogP contribution < -0.4 is 14.4 Å². The van der Waals surface area contributed by atoms with Crippen molar-refractivity contribution < 1.29 is 27.5 Å². The van der Waals surface area contributed by atoms with Crippen LogP contribution >= 0.6 is 11.6 Å². The number of ether oxygens (including phenoxy) is 2. The lowest BCUT2D eigenvalue weighted by Crippen LogP contribution is -2.27. The van der Waals surface area contributed by atoms with Crippen molar-refractivity contribution in [2.75, 3.05) is 23.8 Å². The minimum absolute atomic E-state index is 0.0289. The Balaban J connectivity index is 1.59. The monoisotopic (exact) mass is 564 g/mol. The first-order valence-corrected chi connectivity index (χ1v) is 13.6. The second kappa shape index (κ2) is 12.0. The number of carbonyl (C=O) groups excluding carboxylic acids is 2. The lowest BCUT2D eigenvalue weighted by atomic mass is 10.1. The summed E-state index contributed by atoms with van der Waals surface area (Å²) >= 11 is 6.17. The molecule has 4 aromatic carbocycles. The first kappa shape index (κ1) is 27.7. The summed E-state index contributed by atoms with van der Waals surface area (Å²) < 4.78 is 38.3. The molecule has 0 aliphatic rings. The Labute approximate surface area is 231 Å². The first-order chi connectivity index (χ1) is 18.7. The van der Waals surface area contributed by atoms with Gasteiger partial charge >= 0.3 is 5.97 Å². The largest absolute Gasteiger partial charge is 0.495 e. The van der Waals surface area contributed by atoms with Crippen LogP contribution in [-0.2, 0) is 19.6 Å². The summed E-state index contributed by atoms with van der Waals surface area (Å²) in [4.78, 5) is 26.3. The van der Waals surface area contributed by atoms with Gasteiger partial charge in [-0.2, -0.15) is 0 Å². The third kappa shape index (κ3) is 6.39. The van der Waals surface area contributed by atoms with Crippen LogP contribution in [0.15, 0.2) is 108 Å². The number of methoxy groups -OCH3 is 1. The highest BCUT2D eigenvalue weighted by atomic mass is 35.5. The fourth-order valence-corrected chi connectivity index (χ4v) is 5.25. The fraction of sp³-hybridized carbons (Fsp3) is 0.103. The average molecular weight is 565 g/mol. The number of carbonyl (C=O) groups is 2. The Morgan fingerprint density at radius 1 is 0.872 bits per heavy atom. The molecule has 0 fully saturated rings. The number of anilines is 2. The minimum Gasteiger partial charge on any atom is -0.495 e. The predicted octanol–water partition coefficient (Wildman–Crippen LogP) is 5.71. The molecule has 0 saturated carbocycles. The summed E-state index contributed by atoms with van der Waals surface area (Å²) in [5, 5.41) is 2.99. The molecule has 200 valence electrons. The second-order valence-corrected chi connectivity index (χ2v) is 10.7. The van der Waals surface area contributed by atoms with E-state index in [2.05, 4.69) is 5.32 Å². The van der Waals surface area contributed by atoms with Crippen molar-refractivity contribution in [2.45, 2.75) is 11.0 Å². The van der Waals surface area contributed by atoms with E-state index in [4.69, 9.17) is 21.1 Å². The van der Waals surface area contributed by atoms with Gasteiger partial charge in [-0.05, 0) is 48.5 Å². The Kier molecular flexibility index (Phi) is 8.53. The first-order valence-electron chi connectivity index (χ1n) is 11.7. The zero-order valence-electron chi connectivity index (χ0n) is 21.1. The maximum Gasteiger partial charge on any atom is 0.339 e. The van der Waals surface area contributed by atoms with Gasteiger partial charge in [0.1, 0.15) is 5.75 Å². The third-order valence-corrected chi connectivity index (χ3v) is 7.91. The van der Waals surface area contributed by atoms with E-state index in [1.54, 1.807) is 72.8 Å². The molecule has 1 N–H and O–H groups in total. The summed E-state index contributed by atoms with van der Waals surface area (Å²) in [5.41, 5.74) is 1.24. The van der Waals surface area contributed by atoms with E-state index < -0.39 is 28.0 Å². The molecule has 0 saturated heterocycles. The zero-order valence-corrected chi connectivity index (χ0v) is 22.6. The van der Waals surface area contributed by atoms with Crippen molar-refractivity contribution in [1.82, 2.24) is 0 Å². The Morgan fingerprint density at radius 3 is 2.18 bits per heavy atom. The molecule has 0 spiro atoms. The van der Waals surface area contributed by atoms with Gasteiger partial charge in [0.25, 0.3) is 15.9 Å². The second-order valence-electron chi connectivity index (χ2n) is 8.37. The van der Waals surface area contributed by atoms with Gasteiger partial charge in [-0.15, -0.1) is 0 Å². The zero-order chi connectivity index (χ0) is 28.0. The molecule has 0 aromatic heterocycles. The molecule has 39 heavy (non-hydrogen) atoms. The molecular weight excluding hydrogens is 540 g/mol. The third-order valence-electron chi connectivity index (χ3n) is 5.83. The van der Waals surface area contributed by atoms with Crippen molar-refractivity contribution in [1.29, 1.82) is 0 Å². The molecule has 0 unspecified atom stereocenters.